The van der Waals surface area contributed by atoms with Crippen molar-refractivity contribution in [3.63, 3.8) is 0 Å². The number of carbonyl (C=O) groups is 2. The monoisotopic (exact) mass is 610 g/mol. The summed E-state index contributed by atoms with van der Waals surface area (Å²) in [5.74, 6) is 0.855. The quantitative estimate of drug-likeness (QED) is 0.203. The molecule has 7 nitrogen and oxygen atoms in total. The first kappa shape index (κ1) is 30.5. The number of rotatable bonds is 8. The number of ether oxygens (including phenoxy) is 1. The minimum Gasteiger partial charge on any atom is -0.465 e. The molecule has 7 rings (SSSR count). The van der Waals surface area contributed by atoms with Crippen molar-refractivity contribution < 1.29 is 14.3 Å². The van der Waals surface area contributed by atoms with Crippen LogP contribution >= 0.6 is 0 Å². The first-order valence-corrected chi connectivity index (χ1v) is 17.7. The Bertz CT molecular complexity index is 1490. The summed E-state index contributed by atoms with van der Waals surface area (Å²) in [6.45, 7) is 6.83. The molecule has 2 atom stereocenters. The lowest BCUT2D eigenvalue weighted by atomic mass is 9.68. The SMILES string of the molecule is CCOC(=O)C1(C(=O)N2CCC(CCN3C4CCC3CC(n3c(C)nc5ccccc53)C4)(c3ccccc3)CC2)CCCCC1. The van der Waals surface area contributed by atoms with Gasteiger partial charge in [0.1, 0.15) is 11.2 Å². The van der Waals surface area contributed by atoms with Gasteiger partial charge in [-0.05, 0) is 101 Å². The van der Waals surface area contributed by atoms with Crippen molar-refractivity contribution >= 4 is 22.9 Å². The van der Waals surface area contributed by atoms with E-state index in [1.807, 2.05) is 11.8 Å². The number of likely N-dealkylation sites (tertiary alicyclic amines) is 1. The molecule has 4 aliphatic rings. The summed E-state index contributed by atoms with van der Waals surface area (Å²) in [4.78, 5) is 37.0. The Hall–Kier alpha value is -3.19. The van der Waals surface area contributed by atoms with E-state index in [1.54, 1.807) is 0 Å². The average molecular weight is 611 g/mol. The number of para-hydroxylation sites is 2. The van der Waals surface area contributed by atoms with Gasteiger partial charge in [0.2, 0.25) is 5.91 Å². The highest BCUT2D eigenvalue weighted by molar-refractivity contribution is 6.02. The Labute approximate surface area is 268 Å². The molecule has 0 N–H and O–H groups in total. The normalized spacial score (nSPS) is 26.2. The highest BCUT2D eigenvalue weighted by Gasteiger charge is 2.51. The van der Waals surface area contributed by atoms with Gasteiger partial charge in [-0.1, -0.05) is 61.7 Å². The molecular formula is C38H50N4O3. The van der Waals surface area contributed by atoms with Gasteiger partial charge in [-0.2, -0.15) is 0 Å². The van der Waals surface area contributed by atoms with E-state index in [0.29, 0.717) is 50.7 Å². The van der Waals surface area contributed by atoms with Crippen LogP contribution in [-0.2, 0) is 19.7 Å². The molecule has 45 heavy (non-hydrogen) atoms. The van der Waals surface area contributed by atoms with E-state index in [9.17, 15) is 9.59 Å². The molecule has 7 heteroatoms. The molecule has 2 unspecified atom stereocenters. The maximum Gasteiger partial charge on any atom is 0.321 e. The van der Waals surface area contributed by atoms with Crippen LogP contribution in [0.5, 0.6) is 0 Å². The van der Waals surface area contributed by atoms with E-state index < -0.39 is 5.41 Å². The second-order valence-corrected chi connectivity index (χ2v) is 14.3. The van der Waals surface area contributed by atoms with Crippen LogP contribution in [0.3, 0.4) is 0 Å². The van der Waals surface area contributed by atoms with Crippen LogP contribution in [0.25, 0.3) is 11.0 Å². The number of piperidine rings is 2. The molecule has 2 aromatic carbocycles. The summed E-state index contributed by atoms with van der Waals surface area (Å²) >= 11 is 0. The average Bonchev–Trinajstić information content (AvgIpc) is 3.54. The molecule has 0 spiro atoms. The Morgan fingerprint density at radius 2 is 1.53 bits per heavy atom. The highest BCUT2D eigenvalue weighted by Crippen LogP contribution is 2.46. The minimum absolute atomic E-state index is 0.0183. The Morgan fingerprint density at radius 3 is 2.22 bits per heavy atom. The summed E-state index contributed by atoms with van der Waals surface area (Å²) in [7, 11) is 0. The van der Waals surface area contributed by atoms with Crippen LogP contribution in [0.4, 0.5) is 0 Å². The van der Waals surface area contributed by atoms with E-state index in [2.05, 4.69) is 71.0 Å². The summed E-state index contributed by atoms with van der Waals surface area (Å²) in [6.07, 6.45) is 12.1. The number of carbonyl (C=O) groups excluding carboxylic acids is 2. The van der Waals surface area contributed by atoms with Crippen LogP contribution in [0.2, 0.25) is 0 Å². The number of imidazole rings is 1. The zero-order chi connectivity index (χ0) is 31.0. The number of amides is 1. The van der Waals surface area contributed by atoms with Gasteiger partial charge >= 0.3 is 5.97 Å². The van der Waals surface area contributed by atoms with Crippen molar-refractivity contribution in [2.75, 3.05) is 26.2 Å². The smallest absolute Gasteiger partial charge is 0.321 e. The number of aromatic nitrogens is 2. The number of hydrogen-bond donors (Lipinski definition) is 0. The standard InChI is InChI=1S/C38H50N4O3/c1-3-45-36(44)38(18-10-5-11-19-38)35(43)40-23-20-37(21-24-40,29-12-6-4-7-13-29)22-25-41-30-16-17-31(41)27-32(26-30)42-28(2)39-33-14-8-9-15-34(33)42/h4,6-9,12-15,30-32H,3,5,10-11,16-27H2,1-2H3. The van der Waals surface area contributed by atoms with Crippen molar-refractivity contribution in [1.82, 2.24) is 19.4 Å². The third-order valence-corrected chi connectivity index (χ3v) is 12.0. The van der Waals surface area contributed by atoms with Gasteiger partial charge < -0.3 is 14.2 Å². The van der Waals surface area contributed by atoms with E-state index in [4.69, 9.17) is 9.72 Å². The van der Waals surface area contributed by atoms with Gasteiger partial charge in [-0.3, -0.25) is 14.5 Å². The fraction of sp³-hybridized carbons (Fsp3) is 0.605. The molecule has 1 amide bonds. The fourth-order valence-corrected chi connectivity index (χ4v) is 9.64. The Kier molecular flexibility index (Phi) is 8.49. The van der Waals surface area contributed by atoms with Crippen molar-refractivity contribution in [3.8, 4) is 0 Å². The fourth-order valence-electron chi connectivity index (χ4n) is 9.64. The van der Waals surface area contributed by atoms with Crippen LogP contribution in [0.15, 0.2) is 54.6 Å². The number of aryl methyl sites for hydroxylation is 1. The van der Waals surface area contributed by atoms with E-state index in [-0.39, 0.29) is 17.3 Å². The number of hydrogen-bond acceptors (Lipinski definition) is 5. The van der Waals surface area contributed by atoms with Crippen LogP contribution < -0.4 is 0 Å². The largest absolute Gasteiger partial charge is 0.465 e. The Balaban J connectivity index is 1.06. The summed E-state index contributed by atoms with van der Waals surface area (Å²) in [5.41, 5.74) is 2.84. The predicted molar refractivity (Wildman–Crippen MR) is 177 cm³/mol. The van der Waals surface area contributed by atoms with Crippen molar-refractivity contribution in [3.05, 3.63) is 66.0 Å². The minimum atomic E-state index is -0.983. The van der Waals surface area contributed by atoms with Gasteiger partial charge in [0, 0.05) is 31.2 Å². The van der Waals surface area contributed by atoms with E-state index in [0.717, 1.165) is 56.4 Å². The van der Waals surface area contributed by atoms with Crippen molar-refractivity contribution in [2.45, 2.75) is 114 Å². The van der Waals surface area contributed by atoms with Crippen LogP contribution in [0.1, 0.15) is 101 Å². The zero-order valence-electron chi connectivity index (χ0n) is 27.3. The summed E-state index contributed by atoms with van der Waals surface area (Å²) in [6, 6.07) is 21.4. The van der Waals surface area contributed by atoms with Gasteiger partial charge in [0.15, 0.2) is 0 Å². The van der Waals surface area contributed by atoms with Gasteiger partial charge in [0.25, 0.3) is 0 Å². The molecule has 1 saturated carbocycles. The maximum absolute atomic E-state index is 14.1. The maximum atomic E-state index is 14.1. The molecule has 240 valence electrons. The molecule has 3 aliphatic heterocycles. The molecule has 4 fully saturated rings. The lowest BCUT2D eigenvalue weighted by Crippen LogP contribution is -2.55. The molecule has 1 aliphatic carbocycles. The lowest BCUT2D eigenvalue weighted by molar-refractivity contribution is -0.168. The molecular weight excluding hydrogens is 560 g/mol. The molecule has 4 heterocycles. The number of nitrogens with zero attached hydrogens (tertiary/aromatic N) is 4. The van der Waals surface area contributed by atoms with Gasteiger partial charge in [0.05, 0.1) is 17.6 Å². The third-order valence-electron chi connectivity index (χ3n) is 12.0. The van der Waals surface area contributed by atoms with Gasteiger partial charge in [-0.15, -0.1) is 0 Å². The highest BCUT2D eigenvalue weighted by atomic mass is 16.5. The van der Waals surface area contributed by atoms with Crippen molar-refractivity contribution in [1.29, 1.82) is 0 Å². The second-order valence-electron chi connectivity index (χ2n) is 14.3. The molecule has 3 saturated heterocycles. The third kappa shape index (κ3) is 5.49. The topological polar surface area (TPSA) is 67.7 Å². The molecule has 3 aromatic rings. The summed E-state index contributed by atoms with van der Waals surface area (Å²) in [5, 5.41) is 0. The summed E-state index contributed by atoms with van der Waals surface area (Å²) < 4.78 is 8.02. The number of benzene rings is 2. The first-order chi connectivity index (χ1) is 21.9. The van der Waals surface area contributed by atoms with Gasteiger partial charge in [-0.25, -0.2) is 4.98 Å². The second kappa shape index (κ2) is 12.5. The molecule has 2 bridgehead atoms. The van der Waals surface area contributed by atoms with Crippen LogP contribution in [-0.4, -0.2) is 69.6 Å². The van der Waals surface area contributed by atoms with E-state index >= 15 is 0 Å². The number of fused-ring (bicyclic) bond motifs is 3. The Morgan fingerprint density at radius 1 is 0.867 bits per heavy atom. The molecule has 0 radical (unpaired) electrons. The number of esters is 1. The first-order valence-electron chi connectivity index (χ1n) is 17.7. The van der Waals surface area contributed by atoms with Crippen LogP contribution in [0, 0.1) is 12.3 Å². The molecule has 1 aromatic heterocycles. The van der Waals surface area contributed by atoms with Crippen molar-refractivity contribution in [2.24, 2.45) is 5.41 Å². The zero-order valence-corrected chi connectivity index (χ0v) is 27.3. The van der Waals surface area contributed by atoms with E-state index in [1.165, 1.54) is 36.8 Å². The lowest BCUT2D eigenvalue weighted by Gasteiger charge is -2.47. The predicted octanol–water partition coefficient (Wildman–Crippen LogP) is 6.98.